The smallest absolute Gasteiger partial charge is 1.00 e. The van der Waals surface area contributed by atoms with E-state index >= 15 is 0 Å². The van der Waals surface area contributed by atoms with Crippen LogP contribution in [0.15, 0.2) is 53.0 Å². The Labute approximate surface area is 252 Å². The Morgan fingerprint density at radius 3 is 2.05 bits per heavy atom. The molecule has 0 atom stereocenters. The molecular weight excluding hydrogens is 505 g/mol. The Morgan fingerprint density at radius 2 is 1.54 bits per heavy atom. The topological polar surface area (TPSA) is 103 Å². The number of carboxylic acid groups (broad SMARTS) is 1. The summed E-state index contributed by atoms with van der Waals surface area (Å²) in [5.41, 5.74) is 3.20. The molecule has 8 heteroatoms. The van der Waals surface area contributed by atoms with Crippen molar-refractivity contribution in [2.75, 3.05) is 7.11 Å². The molecule has 0 fully saturated rings. The van der Waals surface area contributed by atoms with Crippen LogP contribution in [0.25, 0.3) is 11.3 Å². The fourth-order valence-corrected chi connectivity index (χ4v) is 6.19. The minimum absolute atomic E-state index is 0. The molecule has 2 aromatic rings. The van der Waals surface area contributed by atoms with E-state index in [4.69, 9.17) is 9.47 Å². The molecule has 0 radical (unpaired) electrons. The van der Waals surface area contributed by atoms with E-state index in [1.165, 1.54) is 6.07 Å². The first-order valence-electron chi connectivity index (χ1n) is 12.9. The van der Waals surface area contributed by atoms with Gasteiger partial charge in [-0.25, -0.2) is 9.78 Å². The molecule has 2 aliphatic carbocycles. The van der Waals surface area contributed by atoms with E-state index in [0.29, 0.717) is 65.4 Å². The minimum atomic E-state index is -1.11. The van der Waals surface area contributed by atoms with Crippen LogP contribution in [-0.2, 0) is 14.3 Å². The zero-order chi connectivity index (χ0) is 27.6. The van der Waals surface area contributed by atoms with E-state index < -0.39 is 11.9 Å². The number of pyridine rings is 1. The number of aromatic nitrogens is 1. The van der Waals surface area contributed by atoms with Crippen molar-refractivity contribution in [3.8, 4) is 17.0 Å². The Kier molecular flexibility index (Phi) is 7.76. The summed E-state index contributed by atoms with van der Waals surface area (Å²) in [5, 5.41) is 9.48. The van der Waals surface area contributed by atoms with E-state index in [1.807, 2.05) is 13.0 Å². The normalized spacial score (nSPS) is 20.1. The van der Waals surface area contributed by atoms with Crippen LogP contribution in [0.2, 0.25) is 0 Å². The standard InChI is InChI=1S/C31H33NO6.Na.H/c1-16-17(18-8-7-9-19(32-18)29(35)36)10-11-22(37-6)25(16)28-26-20(33)12-30(2,3)14-23(26)38-24-15-31(4,5)13-21(34)27(24)28;;/h7-11,28H,12-15H2,1-6H3,(H,35,36);;/q;+1;-1. The van der Waals surface area contributed by atoms with Crippen molar-refractivity contribution in [3.63, 3.8) is 0 Å². The molecule has 3 aliphatic rings. The average Bonchev–Trinajstić information content (AvgIpc) is 2.81. The second-order valence-electron chi connectivity index (χ2n) is 12.2. The number of Topliss-reactive ketones (excluding diaryl/α,β-unsaturated/α-hetero) is 2. The molecule has 0 unspecified atom stereocenters. The van der Waals surface area contributed by atoms with E-state index in [0.717, 1.165) is 11.1 Å². The van der Waals surface area contributed by atoms with Crippen LogP contribution in [-0.4, -0.2) is 34.7 Å². The first-order chi connectivity index (χ1) is 17.8. The third-order valence-electron chi connectivity index (χ3n) is 7.81. The SMILES string of the molecule is COc1ccc(-c2cccc(C(=O)O)n2)c(C)c1C1C2=C(CC(C)(C)CC2=O)OC2=C1C(=O)CC(C)(C)C2.[H-].[Na+]. The van der Waals surface area contributed by atoms with Gasteiger partial charge in [-0.15, -0.1) is 0 Å². The van der Waals surface area contributed by atoms with E-state index in [-0.39, 0.29) is 59.1 Å². The molecule has 1 aromatic heterocycles. The van der Waals surface area contributed by atoms with Crippen molar-refractivity contribution in [1.29, 1.82) is 0 Å². The number of hydrogen-bond donors (Lipinski definition) is 1. The van der Waals surface area contributed by atoms with Gasteiger partial charge in [0, 0.05) is 48.0 Å². The maximum atomic E-state index is 13.7. The van der Waals surface area contributed by atoms with Crippen molar-refractivity contribution in [2.45, 2.75) is 66.2 Å². The van der Waals surface area contributed by atoms with Crippen molar-refractivity contribution in [1.82, 2.24) is 4.98 Å². The van der Waals surface area contributed by atoms with E-state index in [2.05, 4.69) is 32.7 Å². The zero-order valence-corrected chi connectivity index (χ0v) is 25.7. The fraction of sp³-hybridized carbons (Fsp3) is 0.419. The summed E-state index contributed by atoms with van der Waals surface area (Å²) in [6.45, 7) is 10.1. The van der Waals surface area contributed by atoms with Gasteiger partial charge >= 0.3 is 35.5 Å². The molecule has 0 bridgehead atoms. The van der Waals surface area contributed by atoms with Gasteiger partial charge in [-0.1, -0.05) is 33.8 Å². The number of rotatable bonds is 4. The van der Waals surface area contributed by atoms with Crippen molar-refractivity contribution < 1.29 is 59.9 Å². The number of nitrogens with zero attached hydrogens (tertiary/aromatic N) is 1. The van der Waals surface area contributed by atoms with Crippen LogP contribution in [0, 0.1) is 17.8 Å². The maximum absolute atomic E-state index is 13.7. The van der Waals surface area contributed by atoms with Gasteiger partial charge in [-0.2, -0.15) is 0 Å². The van der Waals surface area contributed by atoms with Crippen LogP contribution in [0.4, 0.5) is 0 Å². The Morgan fingerprint density at radius 1 is 0.974 bits per heavy atom. The second-order valence-corrected chi connectivity index (χ2v) is 12.2. The number of methoxy groups -OCH3 is 1. The number of carbonyl (C=O) groups is 3. The molecule has 200 valence electrons. The predicted octanol–water partition coefficient (Wildman–Crippen LogP) is 3.28. The molecule has 39 heavy (non-hydrogen) atoms. The Balaban J connectivity index is 0.00000220. The summed E-state index contributed by atoms with van der Waals surface area (Å²) in [4.78, 5) is 43.4. The number of allylic oxidation sites excluding steroid dienone is 4. The maximum Gasteiger partial charge on any atom is 1.00 e. The predicted molar refractivity (Wildman–Crippen MR) is 143 cm³/mol. The molecule has 0 saturated carbocycles. The van der Waals surface area contributed by atoms with Crippen LogP contribution < -0.4 is 34.3 Å². The monoisotopic (exact) mass is 539 g/mol. The Bertz CT molecular complexity index is 1420. The Hall–Kier alpha value is -2.74. The van der Waals surface area contributed by atoms with Gasteiger partial charge in [0.2, 0.25) is 0 Å². The number of carbonyl (C=O) groups excluding carboxylic acids is 2. The summed E-state index contributed by atoms with van der Waals surface area (Å²) in [6.07, 6.45) is 1.91. The number of aromatic carboxylic acids is 1. The molecule has 2 heterocycles. The summed E-state index contributed by atoms with van der Waals surface area (Å²) in [6, 6.07) is 8.50. The van der Waals surface area contributed by atoms with Crippen LogP contribution >= 0.6 is 0 Å². The first kappa shape index (κ1) is 29.2. The molecule has 0 amide bonds. The molecule has 0 saturated heterocycles. The van der Waals surface area contributed by atoms with Crippen LogP contribution in [0.3, 0.4) is 0 Å². The fourth-order valence-electron chi connectivity index (χ4n) is 6.19. The van der Waals surface area contributed by atoms with Crippen molar-refractivity contribution in [3.05, 3.63) is 69.8 Å². The summed E-state index contributed by atoms with van der Waals surface area (Å²) in [5.74, 6) is 0.0430. The van der Waals surface area contributed by atoms with E-state index in [1.54, 1.807) is 25.3 Å². The first-order valence-corrected chi connectivity index (χ1v) is 12.9. The number of carboxylic acids is 1. The molecule has 7 nitrogen and oxygen atoms in total. The summed E-state index contributed by atoms with van der Waals surface area (Å²) in [7, 11) is 1.57. The minimum Gasteiger partial charge on any atom is -1.00 e. The number of benzene rings is 1. The average molecular weight is 540 g/mol. The molecule has 1 N–H and O–H groups in total. The van der Waals surface area contributed by atoms with Gasteiger partial charge in [0.05, 0.1) is 18.7 Å². The summed E-state index contributed by atoms with van der Waals surface area (Å²) < 4.78 is 12.2. The second kappa shape index (κ2) is 10.3. The van der Waals surface area contributed by atoms with Crippen molar-refractivity contribution in [2.24, 2.45) is 10.8 Å². The van der Waals surface area contributed by atoms with Crippen molar-refractivity contribution >= 4 is 17.5 Å². The number of ether oxygens (including phenoxy) is 2. The van der Waals surface area contributed by atoms with Gasteiger partial charge in [-0.3, -0.25) is 9.59 Å². The van der Waals surface area contributed by atoms with Gasteiger partial charge in [0.25, 0.3) is 0 Å². The van der Waals surface area contributed by atoms with Gasteiger partial charge in [-0.05, 0) is 47.6 Å². The number of hydrogen-bond acceptors (Lipinski definition) is 6. The van der Waals surface area contributed by atoms with Crippen LogP contribution in [0.5, 0.6) is 5.75 Å². The molecular formula is C31H34NNaO6. The molecule has 0 spiro atoms. The summed E-state index contributed by atoms with van der Waals surface area (Å²) >= 11 is 0. The quantitative estimate of drug-likeness (QED) is 0.595. The van der Waals surface area contributed by atoms with Gasteiger partial charge in [0.15, 0.2) is 11.6 Å². The molecule has 1 aliphatic heterocycles. The molecule has 5 rings (SSSR count). The number of ketones is 2. The van der Waals surface area contributed by atoms with Crippen LogP contribution in [0.1, 0.15) is 82.3 Å². The molecule has 1 aromatic carbocycles. The van der Waals surface area contributed by atoms with E-state index in [9.17, 15) is 19.5 Å². The van der Waals surface area contributed by atoms with Gasteiger partial charge < -0.3 is 16.0 Å². The zero-order valence-electron chi connectivity index (χ0n) is 24.7. The van der Waals surface area contributed by atoms with Gasteiger partial charge in [0.1, 0.15) is 23.0 Å². The third kappa shape index (κ3) is 5.24. The largest absolute Gasteiger partial charge is 1.00 e. The third-order valence-corrected chi connectivity index (χ3v) is 7.81.